The van der Waals surface area contributed by atoms with E-state index in [1.54, 1.807) is 0 Å². The first-order valence-electron chi connectivity index (χ1n) is 4.39. The zero-order valence-electron chi connectivity index (χ0n) is 7.78. The summed E-state index contributed by atoms with van der Waals surface area (Å²) in [4.78, 5) is 0. The van der Waals surface area contributed by atoms with Crippen LogP contribution in [0.15, 0.2) is 35.6 Å². The molecular weight excluding hydrogens is 180 g/mol. The van der Waals surface area contributed by atoms with E-state index in [4.69, 9.17) is 8.54 Å². The molecule has 0 unspecified atom stereocenters. The molecule has 0 amide bonds. The van der Waals surface area contributed by atoms with Crippen molar-refractivity contribution in [2.75, 3.05) is 0 Å². The van der Waals surface area contributed by atoms with Gasteiger partial charge in [0.15, 0.2) is 5.76 Å². The van der Waals surface area contributed by atoms with Crippen LogP contribution in [-0.2, 0) is 8.54 Å². The second-order valence-electron chi connectivity index (χ2n) is 3.39. The lowest BCUT2D eigenvalue weighted by Crippen LogP contribution is -1.98. The summed E-state index contributed by atoms with van der Waals surface area (Å²) in [7, 11) is -0.330. The number of carbonyl (C=O) groups excluding carboxylic acids is 1. The third kappa shape index (κ3) is 1.65. The molecule has 0 N–H and O–H groups in total. The molecule has 1 heterocycles. The van der Waals surface area contributed by atoms with Crippen LogP contribution in [0.5, 0.6) is 0 Å². The first-order chi connectivity index (χ1) is 6.27. The second-order valence-corrected chi connectivity index (χ2v) is 4.05. The molecule has 0 radical (unpaired) electrons. The van der Waals surface area contributed by atoms with E-state index in [1.165, 1.54) is 5.57 Å². The van der Waals surface area contributed by atoms with Gasteiger partial charge >= 0.3 is 15.8 Å². The van der Waals surface area contributed by atoms with Crippen molar-refractivity contribution in [3.05, 3.63) is 35.6 Å². The van der Waals surface area contributed by atoms with E-state index in [-0.39, 0.29) is 10.0 Å². The van der Waals surface area contributed by atoms with Gasteiger partial charge in [0, 0.05) is 6.08 Å². The lowest BCUT2D eigenvalue weighted by Gasteiger charge is -2.02. The highest BCUT2D eigenvalue weighted by atomic mass is 28.2. The fourth-order valence-corrected chi connectivity index (χ4v) is 1.91. The molecule has 2 aliphatic rings. The average molecular weight is 192 g/mol. The van der Waals surface area contributed by atoms with Gasteiger partial charge in [-0.25, -0.2) is 0 Å². The minimum atomic E-state index is -0.330. The Labute approximate surface area is 80.4 Å². The van der Waals surface area contributed by atoms with Crippen LogP contribution < -0.4 is 0 Å². The molecule has 0 aromatic rings. The Morgan fingerprint density at radius 2 is 2.31 bits per heavy atom. The third-order valence-corrected chi connectivity index (χ3v) is 2.79. The fourth-order valence-electron chi connectivity index (χ4n) is 1.28. The molecule has 0 saturated carbocycles. The van der Waals surface area contributed by atoms with Crippen molar-refractivity contribution in [2.24, 2.45) is 5.92 Å². The highest BCUT2D eigenvalue weighted by Crippen LogP contribution is 2.18. The van der Waals surface area contributed by atoms with Crippen molar-refractivity contribution < 1.29 is 8.54 Å². The van der Waals surface area contributed by atoms with Crippen molar-refractivity contribution in [3.63, 3.8) is 0 Å². The first kappa shape index (κ1) is 8.50. The first-order valence-corrected chi connectivity index (χ1v) is 5.34. The van der Waals surface area contributed by atoms with Crippen molar-refractivity contribution in [1.82, 2.24) is 0 Å². The zero-order valence-corrected chi connectivity index (χ0v) is 8.94. The second kappa shape index (κ2) is 3.34. The lowest BCUT2D eigenvalue weighted by molar-refractivity contribution is -0.287. The van der Waals surface area contributed by atoms with Gasteiger partial charge in [-0.3, -0.25) is 0 Å². The molecule has 1 aliphatic heterocycles. The maximum absolute atomic E-state index is 5.41. The molecule has 1 aliphatic carbocycles. The number of rotatable bonds is 1. The number of fused-ring (bicyclic) bond motifs is 1. The smallest absolute Gasteiger partial charge is 0.440 e. The van der Waals surface area contributed by atoms with Crippen LogP contribution in [0.4, 0.5) is 0 Å². The van der Waals surface area contributed by atoms with Gasteiger partial charge in [0.1, 0.15) is 0 Å². The van der Waals surface area contributed by atoms with Gasteiger partial charge in [-0.15, -0.1) is 0 Å². The number of hydrogen-bond donors (Lipinski definition) is 0. The van der Waals surface area contributed by atoms with Crippen LogP contribution in [0.3, 0.4) is 0 Å². The summed E-state index contributed by atoms with van der Waals surface area (Å²) in [6.45, 7) is 4.34. The van der Waals surface area contributed by atoms with E-state index in [2.05, 4.69) is 26.0 Å². The van der Waals surface area contributed by atoms with Gasteiger partial charge in [0.05, 0.1) is 0 Å². The summed E-state index contributed by atoms with van der Waals surface area (Å²) in [5.41, 5.74) is 1.28. The van der Waals surface area contributed by atoms with Gasteiger partial charge in [0.25, 0.3) is 0 Å². The Kier molecular flexibility index (Phi) is 2.18. The molecule has 68 valence electrons. The average Bonchev–Trinajstić information content (AvgIpc) is 2.42. The van der Waals surface area contributed by atoms with Crippen LogP contribution >= 0.6 is 0 Å². The molecule has 0 saturated heterocycles. The molecular formula is C10H12O2Si. The molecule has 0 spiro atoms. The largest absolute Gasteiger partial charge is 0.612 e. The van der Waals surface area contributed by atoms with Crippen molar-refractivity contribution in [1.29, 1.82) is 0 Å². The Balaban J connectivity index is 2.35. The zero-order chi connectivity index (χ0) is 9.26. The summed E-state index contributed by atoms with van der Waals surface area (Å²) in [5, 5.41) is 0. The van der Waals surface area contributed by atoms with Crippen LogP contribution in [0.1, 0.15) is 13.8 Å². The molecule has 2 rings (SSSR count). The van der Waals surface area contributed by atoms with E-state index in [9.17, 15) is 0 Å². The molecule has 3 heteroatoms. The van der Waals surface area contributed by atoms with Crippen LogP contribution in [0.2, 0.25) is 0 Å². The van der Waals surface area contributed by atoms with E-state index < -0.39 is 0 Å². The Morgan fingerprint density at radius 3 is 3.08 bits per heavy atom. The molecule has 0 aromatic carbocycles. The van der Waals surface area contributed by atoms with Crippen LogP contribution in [0, 0.1) is 5.92 Å². The minimum Gasteiger partial charge on any atom is -0.612 e. The highest BCUT2D eigenvalue weighted by Gasteiger charge is 2.20. The van der Waals surface area contributed by atoms with Gasteiger partial charge in [0.2, 0.25) is 0 Å². The molecule has 0 aromatic heterocycles. The van der Waals surface area contributed by atoms with Crippen molar-refractivity contribution >= 4 is 15.8 Å². The predicted molar refractivity (Wildman–Crippen MR) is 53.4 cm³/mol. The summed E-state index contributed by atoms with van der Waals surface area (Å²) >= 11 is 0. The normalized spacial score (nSPS) is 19.5. The molecule has 13 heavy (non-hydrogen) atoms. The van der Waals surface area contributed by atoms with Gasteiger partial charge < -0.3 is 8.54 Å². The van der Waals surface area contributed by atoms with E-state index in [0.29, 0.717) is 5.92 Å². The standard InChI is InChI=1S/C10H12O2Si/c1-7(2)8-4-3-5-9-10(6-8)12-13-11-9/h3-7,13H,1-2H3. The molecule has 0 fully saturated rings. The predicted octanol–water partition coefficient (Wildman–Crippen LogP) is 1.42. The van der Waals surface area contributed by atoms with E-state index >= 15 is 0 Å². The fraction of sp³-hybridized carbons (Fsp3) is 0.300. The van der Waals surface area contributed by atoms with Gasteiger partial charge in [-0.2, -0.15) is 0 Å². The van der Waals surface area contributed by atoms with Crippen LogP contribution in [0.25, 0.3) is 0 Å². The number of allylic oxidation sites excluding steroid dienone is 5. The maximum atomic E-state index is 5.41. The summed E-state index contributed by atoms with van der Waals surface area (Å²) in [5.74, 6) is 2.29. The van der Waals surface area contributed by atoms with Crippen LogP contribution in [-0.4, -0.2) is 15.8 Å². The SMILES string of the molecule is CC(C)C1=CC2=[O+][SiH-]OC2=CC=C1. The summed E-state index contributed by atoms with van der Waals surface area (Å²) in [6, 6.07) is 0. The monoisotopic (exact) mass is 192 g/mol. The van der Waals surface area contributed by atoms with Crippen molar-refractivity contribution in [2.45, 2.75) is 13.8 Å². The van der Waals surface area contributed by atoms with Gasteiger partial charge in [-0.05, 0) is 17.6 Å². The molecule has 0 bridgehead atoms. The van der Waals surface area contributed by atoms with E-state index in [1.807, 2.05) is 12.2 Å². The number of hydrogen-bond acceptors (Lipinski definition) is 1. The Bertz CT molecular complexity index is 335. The Hall–Kier alpha value is -1.09. The topological polar surface area (TPSA) is 20.5 Å². The third-order valence-electron chi connectivity index (χ3n) is 2.09. The van der Waals surface area contributed by atoms with E-state index in [0.717, 1.165) is 11.5 Å². The Morgan fingerprint density at radius 1 is 1.46 bits per heavy atom. The highest BCUT2D eigenvalue weighted by molar-refractivity contribution is 6.25. The summed E-state index contributed by atoms with van der Waals surface area (Å²) < 4.78 is 10.8. The molecule has 0 atom stereocenters. The number of ketones is 1. The minimum absolute atomic E-state index is 0.330. The van der Waals surface area contributed by atoms with Crippen molar-refractivity contribution in [3.8, 4) is 0 Å². The maximum Gasteiger partial charge on any atom is 0.440 e. The van der Waals surface area contributed by atoms with Gasteiger partial charge in [-0.1, -0.05) is 26.0 Å². The molecule has 2 nitrogen and oxygen atoms in total. The lowest BCUT2D eigenvalue weighted by atomic mass is 10.0. The summed E-state index contributed by atoms with van der Waals surface area (Å²) in [6.07, 6.45) is 8.15. The quantitative estimate of drug-likeness (QED) is 0.454.